The average molecular weight is 488 g/mol. The molecule has 0 spiro atoms. The minimum atomic E-state index is -2.46. The molecule has 0 aliphatic carbocycles. The van der Waals surface area contributed by atoms with Crippen molar-refractivity contribution in [2.75, 3.05) is 12.3 Å². The molecular weight excluding hydrogens is 443 g/mol. The predicted molar refractivity (Wildman–Crippen MR) is 134 cm³/mol. The van der Waals surface area contributed by atoms with Crippen LogP contribution in [0.25, 0.3) is 0 Å². The third-order valence-electron chi connectivity index (χ3n) is 3.59. The number of hydrogen-bond donors (Lipinski definition) is 2. The van der Waals surface area contributed by atoms with Crippen LogP contribution in [0.4, 0.5) is 0 Å². The fraction of sp³-hybridized carbons (Fsp3) is 1.00. The van der Waals surface area contributed by atoms with Crippen molar-refractivity contribution in [1.82, 2.24) is 0 Å². The summed E-state index contributed by atoms with van der Waals surface area (Å²) in [6, 6.07) is 1.83. The van der Waals surface area contributed by atoms with E-state index in [-0.39, 0.29) is 0 Å². The normalized spacial score (nSPS) is 18.2. The Labute approximate surface area is 179 Å². The molecular formula is C16H45NO4SSi5. The van der Waals surface area contributed by atoms with Crippen molar-refractivity contribution < 1.29 is 16.5 Å². The molecule has 0 amide bonds. The maximum absolute atomic E-state index is 6.90. The first-order valence-corrected chi connectivity index (χ1v) is 25.4. The van der Waals surface area contributed by atoms with Crippen molar-refractivity contribution in [3.8, 4) is 0 Å². The molecule has 11 heteroatoms. The van der Waals surface area contributed by atoms with Crippen LogP contribution in [0.2, 0.25) is 77.6 Å². The molecule has 0 aromatic carbocycles. The molecule has 0 saturated heterocycles. The molecule has 164 valence electrons. The van der Waals surface area contributed by atoms with E-state index in [9.17, 15) is 0 Å². The molecule has 27 heavy (non-hydrogen) atoms. The highest BCUT2D eigenvalue weighted by Gasteiger charge is 2.48. The van der Waals surface area contributed by atoms with Crippen LogP contribution < -0.4 is 5.73 Å². The Kier molecular flexibility index (Phi) is 11.5. The third-order valence-corrected chi connectivity index (χ3v) is 22.2. The van der Waals surface area contributed by atoms with E-state index in [0.29, 0.717) is 6.54 Å². The molecule has 0 aliphatic heterocycles. The van der Waals surface area contributed by atoms with Crippen molar-refractivity contribution in [3.63, 3.8) is 0 Å². The zero-order valence-electron chi connectivity index (χ0n) is 19.4. The molecule has 5 nitrogen and oxygen atoms in total. The molecule has 0 aromatic heterocycles. The van der Waals surface area contributed by atoms with E-state index in [0.717, 1.165) is 30.7 Å². The molecule has 0 aliphatic rings. The molecule has 0 heterocycles. The first kappa shape index (κ1) is 28.2. The minimum Gasteiger partial charge on any atom is -0.437 e. The molecule has 2 unspecified atom stereocenters. The SMILES string of the molecule is C[Si](C)(C)O[Si](C)(C)O[Si](C)(CCCS)O[Si](C)(CCCN)O[Si](C)(C)C. The first-order chi connectivity index (χ1) is 11.9. The van der Waals surface area contributed by atoms with Gasteiger partial charge in [0.15, 0.2) is 16.6 Å². The van der Waals surface area contributed by atoms with Gasteiger partial charge in [-0.3, -0.25) is 0 Å². The van der Waals surface area contributed by atoms with Gasteiger partial charge in [0.2, 0.25) is 0 Å². The van der Waals surface area contributed by atoms with E-state index < -0.39 is 42.3 Å². The highest BCUT2D eigenvalue weighted by atomic mass is 32.1. The van der Waals surface area contributed by atoms with Crippen LogP contribution in [0.3, 0.4) is 0 Å². The van der Waals surface area contributed by atoms with Crippen LogP contribution in [0.15, 0.2) is 0 Å². The second-order valence-electron chi connectivity index (χ2n) is 10.0. The number of rotatable bonds is 14. The first-order valence-electron chi connectivity index (χ1n) is 10.1. The maximum atomic E-state index is 6.90. The van der Waals surface area contributed by atoms with Crippen LogP contribution in [0.5, 0.6) is 0 Å². The maximum Gasteiger partial charge on any atom is 0.317 e. The lowest BCUT2D eigenvalue weighted by atomic mass is 10.5. The summed E-state index contributed by atoms with van der Waals surface area (Å²) < 4.78 is 26.8. The van der Waals surface area contributed by atoms with E-state index >= 15 is 0 Å². The van der Waals surface area contributed by atoms with Crippen molar-refractivity contribution in [2.45, 2.75) is 90.4 Å². The molecule has 0 saturated carbocycles. The summed E-state index contributed by atoms with van der Waals surface area (Å²) in [5, 5.41) is 0. The summed E-state index contributed by atoms with van der Waals surface area (Å²) in [7, 11) is -10.5. The zero-order chi connectivity index (χ0) is 21.6. The van der Waals surface area contributed by atoms with Gasteiger partial charge >= 0.3 is 25.7 Å². The highest BCUT2D eigenvalue weighted by Crippen LogP contribution is 2.31. The zero-order valence-corrected chi connectivity index (χ0v) is 25.3. The average Bonchev–Trinajstić information content (AvgIpc) is 2.37. The van der Waals surface area contributed by atoms with Crippen LogP contribution in [0.1, 0.15) is 12.8 Å². The van der Waals surface area contributed by atoms with Gasteiger partial charge in [-0.25, -0.2) is 0 Å². The Bertz CT molecular complexity index is 448. The lowest BCUT2D eigenvalue weighted by Crippen LogP contribution is -2.60. The lowest BCUT2D eigenvalue weighted by Gasteiger charge is -2.44. The van der Waals surface area contributed by atoms with Gasteiger partial charge in [-0.2, -0.15) is 12.6 Å². The summed E-state index contributed by atoms with van der Waals surface area (Å²) in [5.41, 5.74) is 5.80. The Morgan fingerprint density at radius 1 is 0.630 bits per heavy atom. The monoisotopic (exact) mass is 487 g/mol. The standard InChI is InChI=1S/C16H45NO4SSi5/c1-23(2,3)18-25(7,8)20-27(10,16-12-14-22)21-26(9,15-11-13-17)19-24(4,5)6/h22H,11-17H2,1-10H3. The van der Waals surface area contributed by atoms with Gasteiger partial charge in [-0.1, -0.05) is 0 Å². The van der Waals surface area contributed by atoms with Gasteiger partial charge in [-0.15, -0.1) is 0 Å². The van der Waals surface area contributed by atoms with Gasteiger partial charge in [-0.05, 0) is 103 Å². The van der Waals surface area contributed by atoms with Gasteiger partial charge < -0.3 is 22.2 Å². The molecule has 0 fully saturated rings. The van der Waals surface area contributed by atoms with Crippen molar-refractivity contribution in [1.29, 1.82) is 0 Å². The van der Waals surface area contributed by atoms with E-state index in [1.807, 2.05) is 0 Å². The Balaban J connectivity index is 5.58. The lowest BCUT2D eigenvalue weighted by molar-refractivity contribution is 0.288. The van der Waals surface area contributed by atoms with Crippen LogP contribution >= 0.6 is 12.6 Å². The molecule has 0 aromatic rings. The van der Waals surface area contributed by atoms with Crippen LogP contribution in [-0.2, 0) is 16.5 Å². The number of nitrogens with two attached hydrogens (primary N) is 1. The van der Waals surface area contributed by atoms with Crippen LogP contribution in [-0.4, -0.2) is 54.6 Å². The third kappa shape index (κ3) is 14.0. The fourth-order valence-electron chi connectivity index (χ4n) is 3.45. The second-order valence-corrected chi connectivity index (χ2v) is 30.5. The molecule has 2 N–H and O–H groups in total. The second kappa shape index (κ2) is 11.0. The van der Waals surface area contributed by atoms with Crippen LogP contribution in [0, 0.1) is 0 Å². The molecule has 0 rings (SSSR count). The van der Waals surface area contributed by atoms with Crippen molar-refractivity contribution in [2.24, 2.45) is 5.73 Å². The fourth-order valence-corrected chi connectivity index (χ4v) is 27.7. The molecule has 2 atom stereocenters. The summed E-state index contributed by atoms with van der Waals surface area (Å²) >= 11 is 4.42. The minimum absolute atomic E-state index is 0.662. The Morgan fingerprint density at radius 2 is 1.07 bits per heavy atom. The van der Waals surface area contributed by atoms with E-state index in [1.54, 1.807) is 0 Å². The summed E-state index contributed by atoms with van der Waals surface area (Å²) in [6.45, 7) is 22.7. The van der Waals surface area contributed by atoms with E-state index in [1.165, 1.54) is 0 Å². The quantitative estimate of drug-likeness (QED) is 0.259. The summed E-state index contributed by atoms with van der Waals surface area (Å²) in [5.74, 6) is 0.835. The van der Waals surface area contributed by atoms with Gasteiger partial charge in [0.25, 0.3) is 0 Å². The van der Waals surface area contributed by atoms with Crippen molar-refractivity contribution in [3.05, 3.63) is 0 Å². The van der Waals surface area contributed by atoms with Crippen molar-refractivity contribution >= 4 is 54.9 Å². The Hall–Kier alpha value is 1.23. The largest absolute Gasteiger partial charge is 0.437 e. The van der Waals surface area contributed by atoms with E-state index in [4.69, 9.17) is 22.2 Å². The van der Waals surface area contributed by atoms with E-state index in [2.05, 4.69) is 78.1 Å². The topological polar surface area (TPSA) is 62.9 Å². The molecule has 0 radical (unpaired) electrons. The highest BCUT2D eigenvalue weighted by molar-refractivity contribution is 7.80. The van der Waals surface area contributed by atoms with Gasteiger partial charge in [0, 0.05) is 0 Å². The molecule has 0 bridgehead atoms. The number of thiol groups is 1. The Morgan fingerprint density at radius 3 is 1.48 bits per heavy atom. The van der Waals surface area contributed by atoms with Gasteiger partial charge in [0.05, 0.1) is 0 Å². The summed E-state index contributed by atoms with van der Waals surface area (Å²) in [4.78, 5) is 0. The van der Waals surface area contributed by atoms with Gasteiger partial charge in [0.1, 0.15) is 0 Å². The predicted octanol–water partition coefficient (Wildman–Crippen LogP) is 5.24. The number of hydrogen-bond acceptors (Lipinski definition) is 6. The summed E-state index contributed by atoms with van der Waals surface area (Å²) in [6.07, 6.45) is 1.91. The smallest absolute Gasteiger partial charge is 0.317 e.